The van der Waals surface area contributed by atoms with Crippen LogP contribution < -0.4 is 5.32 Å². The second-order valence-corrected chi connectivity index (χ2v) is 5.82. The first kappa shape index (κ1) is 17.8. The molecule has 2 N–H and O–H groups in total. The number of carboxylic acids is 1. The molecule has 0 aromatic rings. The molecule has 1 aliphatic heterocycles. The molecule has 122 valence electrons. The standard InChI is InChI=1S/C15H28N2O4/c1-4-15(5-2,13(18)19)11-16-14(20)17(3)10-12-8-6-7-9-21-12/h12H,4-11H2,1-3H3,(H,16,20)(H,18,19). The van der Waals surface area contributed by atoms with E-state index in [1.807, 2.05) is 13.8 Å². The van der Waals surface area contributed by atoms with Gasteiger partial charge in [-0.3, -0.25) is 4.79 Å². The van der Waals surface area contributed by atoms with Gasteiger partial charge in [-0.15, -0.1) is 0 Å². The van der Waals surface area contributed by atoms with Crippen LogP contribution in [0.5, 0.6) is 0 Å². The zero-order valence-electron chi connectivity index (χ0n) is 13.4. The molecule has 0 bridgehead atoms. The van der Waals surface area contributed by atoms with E-state index in [-0.39, 0.29) is 18.7 Å². The number of ether oxygens (including phenoxy) is 1. The van der Waals surface area contributed by atoms with E-state index in [0.29, 0.717) is 19.4 Å². The fourth-order valence-corrected chi connectivity index (χ4v) is 2.60. The summed E-state index contributed by atoms with van der Waals surface area (Å²) in [7, 11) is 1.72. The van der Waals surface area contributed by atoms with E-state index in [0.717, 1.165) is 25.9 Å². The SMILES string of the molecule is CCC(CC)(CNC(=O)N(C)CC1CCCCO1)C(=O)O. The molecule has 0 saturated carbocycles. The Morgan fingerprint density at radius 1 is 1.33 bits per heavy atom. The third-order valence-electron chi connectivity index (χ3n) is 4.48. The number of nitrogens with zero attached hydrogens (tertiary/aromatic N) is 1. The molecule has 6 heteroatoms. The second-order valence-electron chi connectivity index (χ2n) is 5.82. The van der Waals surface area contributed by atoms with E-state index in [9.17, 15) is 14.7 Å². The lowest BCUT2D eigenvalue weighted by Gasteiger charge is -2.30. The van der Waals surface area contributed by atoms with Crippen LogP contribution in [0.2, 0.25) is 0 Å². The Balaban J connectivity index is 2.45. The van der Waals surface area contributed by atoms with Crippen molar-refractivity contribution in [1.29, 1.82) is 0 Å². The first-order valence-corrected chi connectivity index (χ1v) is 7.79. The Morgan fingerprint density at radius 2 is 2.00 bits per heavy atom. The van der Waals surface area contributed by atoms with Crippen molar-refractivity contribution in [3.05, 3.63) is 0 Å². The van der Waals surface area contributed by atoms with Crippen LogP contribution in [0.15, 0.2) is 0 Å². The van der Waals surface area contributed by atoms with Crippen LogP contribution in [-0.2, 0) is 9.53 Å². The van der Waals surface area contributed by atoms with Crippen LogP contribution >= 0.6 is 0 Å². The Bertz CT molecular complexity index is 350. The van der Waals surface area contributed by atoms with Gasteiger partial charge in [0.25, 0.3) is 0 Å². The van der Waals surface area contributed by atoms with Crippen LogP contribution in [0.1, 0.15) is 46.0 Å². The molecule has 0 radical (unpaired) electrons. The smallest absolute Gasteiger partial charge is 0.317 e. The number of urea groups is 1. The lowest BCUT2D eigenvalue weighted by Crippen LogP contribution is -2.48. The zero-order valence-corrected chi connectivity index (χ0v) is 13.4. The molecule has 6 nitrogen and oxygen atoms in total. The summed E-state index contributed by atoms with van der Waals surface area (Å²) in [5.41, 5.74) is -0.877. The van der Waals surface area contributed by atoms with Crippen molar-refractivity contribution in [2.45, 2.75) is 52.1 Å². The minimum absolute atomic E-state index is 0.0936. The van der Waals surface area contributed by atoms with Crippen LogP contribution in [0.3, 0.4) is 0 Å². The summed E-state index contributed by atoms with van der Waals surface area (Å²) in [6.45, 7) is 5.13. The van der Waals surface area contributed by atoms with Crippen LogP contribution in [0.25, 0.3) is 0 Å². The van der Waals surface area contributed by atoms with E-state index in [4.69, 9.17) is 4.74 Å². The summed E-state index contributed by atoms with van der Waals surface area (Å²) in [5, 5.41) is 12.1. The summed E-state index contributed by atoms with van der Waals surface area (Å²) in [4.78, 5) is 25.1. The highest BCUT2D eigenvalue weighted by molar-refractivity contribution is 5.78. The molecule has 1 fully saturated rings. The van der Waals surface area contributed by atoms with Gasteiger partial charge < -0.3 is 20.1 Å². The Hall–Kier alpha value is -1.30. The van der Waals surface area contributed by atoms with E-state index in [1.54, 1.807) is 11.9 Å². The summed E-state index contributed by atoms with van der Waals surface area (Å²) in [6, 6.07) is -0.239. The molecule has 0 aromatic carbocycles. The number of aliphatic carboxylic acids is 1. The van der Waals surface area contributed by atoms with Gasteiger partial charge in [-0.25, -0.2) is 4.79 Å². The Labute approximate surface area is 126 Å². The average Bonchev–Trinajstić information content (AvgIpc) is 2.49. The van der Waals surface area contributed by atoms with Gasteiger partial charge in [0.2, 0.25) is 0 Å². The lowest BCUT2D eigenvalue weighted by atomic mass is 9.82. The van der Waals surface area contributed by atoms with Crippen molar-refractivity contribution < 1.29 is 19.4 Å². The maximum atomic E-state index is 12.1. The fraction of sp³-hybridized carbons (Fsp3) is 0.867. The van der Waals surface area contributed by atoms with E-state index in [2.05, 4.69) is 5.32 Å². The largest absolute Gasteiger partial charge is 0.481 e. The monoisotopic (exact) mass is 300 g/mol. The van der Waals surface area contributed by atoms with Crippen molar-refractivity contribution in [3.8, 4) is 0 Å². The van der Waals surface area contributed by atoms with Crippen LogP contribution in [0.4, 0.5) is 4.79 Å². The average molecular weight is 300 g/mol. The highest BCUT2D eigenvalue weighted by Gasteiger charge is 2.35. The molecule has 1 saturated heterocycles. The normalized spacial score (nSPS) is 19.1. The summed E-state index contributed by atoms with van der Waals surface area (Å²) >= 11 is 0. The van der Waals surface area contributed by atoms with Crippen molar-refractivity contribution in [2.24, 2.45) is 5.41 Å². The number of hydrogen-bond acceptors (Lipinski definition) is 3. The molecule has 0 aliphatic carbocycles. The van der Waals surface area contributed by atoms with Crippen molar-refractivity contribution >= 4 is 12.0 Å². The van der Waals surface area contributed by atoms with Gasteiger partial charge in [0, 0.05) is 26.7 Å². The van der Waals surface area contributed by atoms with Crippen LogP contribution in [0, 0.1) is 5.41 Å². The van der Waals surface area contributed by atoms with Crippen molar-refractivity contribution in [3.63, 3.8) is 0 Å². The number of carboxylic acid groups (broad SMARTS) is 1. The number of carbonyl (C=O) groups excluding carboxylic acids is 1. The van der Waals surface area contributed by atoms with Gasteiger partial charge in [0.15, 0.2) is 0 Å². The molecule has 21 heavy (non-hydrogen) atoms. The van der Waals surface area contributed by atoms with Crippen LogP contribution in [-0.4, -0.2) is 54.9 Å². The minimum Gasteiger partial charge on any atom is -0.481 e. The first-order valence-electron chi connectivity index (χ1n) is 7.79. The fourth-order valence-electron chi connectivity index (χ4n) is 2.60. The highest BCUT2D eigenvalue weighted by Crippen LogP contribution is 2.25. The van der Waals surface area contributed by atoms with Gasteiger partial charge >= 0.3 is 12.0 Å². The van der Waals surface area contributed by atoms with E-state index < -0.39 is 11.4 Å². The van der Waals surface area contributed by atoms with Gasteiger partial charge in [0.05, 0.1) is 11.5 Å². The molecule has 1 aliphatic rings. The zero-order chi connectivity index (χ0) is 15.9. The Kier molecular flexibility index (Phi) is 6.95. The number of rotatable bonds is 7. The maximum Gasteiger partial charge on any atom is 0.317 e. The minimum atomic E-state index is -0.877. The number of hydrogen-bond donors (Lipinski definition) is 2. The maximum absolute atomic E-state index is 12.1. The summed E-state index contributed by atoms with van der Waals surface area (Å²) in [5.74, 6) is -0.855. The molecule has 2 amide bonds. The summed E-state index contributed by atoms with van der Waals surface area (Å²) in [6.07, 6.45) is 4.27. The third-order valence-corrected chi connectivity index (χ3v) is 4.48. The molecule has 1 atom stereocenters. The number of amides is 2. The summed E-state index contributed by atoms with van der Waals surface area (Å²) < 4.78 is 5.61. The molecule has 1 unspecified atom stereocenters. The van der Waals surface area contributed by atoms with E-state index >= 15 is 0 Å². The highest BCUT2D eigenvalue weighted by atomic mass is 16.5. The molecular weight excluding hydrogens is 272 g/mol. The first-order chi connectivity index (χ1) is 9.95. The molecule has 0 spiro atoms. The van der Waals surface area contributed by atoms with Crippen molar-refractivity contribution in [2.75, 3.05) is 26.7 Å². The lowest BCUT2D eigenvalue weighted by molar-refractivity contribution is -0.149. The third kappa shape index (κ3) is 4.88. The van der Waals surface area contributed by atoms with Crippen molar-refractivity contribution in [1.82, 2.24) is 10.2 Å². The molecular formula is C15H28N2O4. The number of nitrogens with one attached hydrogen (secondary N) is 1. The van der Waals surface area contributed by atoms with Gasteiger partial charge in [0.1, 0.15) is 0 Å². The second kappa shape index (κ2) is 8.22. The Morgan fingerprint density at radius 3 is 2.48 bits per heavy atom. The topological polar surface area (TPSA) is 78.9 Å². The molecule has 1 rings (SSSR count). The van der Waals surface area contributed by atoms with Gasteiger partial charge in [-0.2, -0.15) is 0 Å². The number of likely N-dealkylation sites (N-methyl/N-ethyl adjacent to an activating group) is 1. The quantitative estimate of drug-likeness (QED) is 0.754. The predicted molar refractivity (Wildman–Crippen MR) is 80.3 cm³/mol. The van der Waals surface area contributed by atoms with Gasteiger partial charge in [-0.1, -0.05) is 13.8 Å². The molecule has 1 heterocycles. The molecule has 0 aromatic heterocycles. The number of carbonyl (C=O) groups is 2. The predicted octanol–water partition coefficient (Wildman–Crippen LogP) is 2.09. The van der Waals surface area contributed by atoms with Gasteiger partial charge in [-0.05, 0) is 32.1 Å². The van der Waals surface area contributed by atoms with E-state index in [1.165, 1.54) is 0 Å².